The predicted octanol–water partition coefficient (Wildman–Crippen LogP) is 3.33. The van der Waals surface area contributed by atoms with Crippen molar-refractivity contribution in [3.05, 3.63) is 29.8 Å². The van der Waals surface area contributed by atoms with E-state index in [0.29, 0.717) is 25.3 Å². The molecule has 1 fully saturated rings. The maximum atomic E-state index is 12.5. The number of rotatable bonds is 4. The molecule has 1 heterocycles. The highest BCUT2D eigenvalue weighted by atomic mass is 19.4. The Morgan fingerprint density at radius 1 is 1.24 bits per heavy atom. The third kappa shape index (κ3) is 5.37. The summed E-state index contributed by atoms with van der Waals surface area (Å²) in [6.07, 6.45) is -3.62. The zero-order chi connectivity index (χ0) is 18.6. The number of halogens is 3. The number of urea groups is 1. The Bertz CT molecular complexity index is 615. The lowest BCUT2D eigenvalue weighted by atomic mass is 10.1. The van der Waals surface area contributed by atoms with Gasteiger partial charge in [-0.1, -0.05) is 13.8 Å². The van der Waals surface area contributed by atoms with Gasteiger partial charge in [0.15, 0.2) is 0 Å². The largest absolute Gasteiger partial charge is 0.416 e. The van der Waals surface area contributed by atoms with Crippen molar-refractivity contribution in [3.8, 4) is 0 Å². The highest BCUT2D eigenvalue weighted by Crippen LogP contribution is 2.30. The first-order valence-electron chi connectivity index (χ1n) is 8.17. The van der Waals surface area contributed by atoms with Crippen LogP contribution in [0.5, 0.6) is 0 Å². The second-order valence-corrected chi connectivity index (χ2v) is 6.51. The molecule has 138 valence electrons. The zero-order valence-electron chi connectivity index (χ0n) is 14.2. The SMILES string of the molecule is CC(C)C(=O)NCC1CCN(C(=O)Nc2ccc(C(F)(F)F)cc2)C1. The summed E-state index contributed by atoms with van der Waals surface area (Å²) in [5.74, 6) is 0.0780. The van der Waals surface area contributed by atoms with Gasteiger partial charge in [0, 0.05) is 31.2 Å². The molecule has 1 aliphatic heterocycles. The predicted molar refractivity (Wildman–Crippen MR) is 88.0 cm³/mol. The normalized spacial score (nSPS) is 17.7. The number of carbonyl (C=O) groups excluding carboxylic acids is 2. The number of benzene rings is 1. The first-order valence-corrected chi connectivity index (χ1v) is 8.17. The Morgan fingerprint density at radius 3 is 2.44 bits per heavy atom. The smallest absolute Gasteiger partial charge is 0.356 e. The minimum Gasteiger partial charge on any atom is -0.356 e. The van der Waals surface area contributed by atoms with E-state index >= 15 is 0 Å². The Labute approximate surface area is 144 Å². The van der Waals surface area contributed by atoms with E-state index in [9.17, 15) is 22.8 Å². The molecular formula is C17H22F3N3O2. The van der Waals surface area contributed by atoms with E-state index in [1.54, 1.807) is 4.90 Å². The highest BCUT2D eigenvalue weighted by Gasteiger charge is 2.30. The minimum atomic E-state index is -4.40. The molecule has 0 bridgehead atoms. The lowest BCUT2D eigenvalue weighted by Gasteiger charge is -2.18. The van der Waals surface area contributed by atoms with E-state index in [0.717, 1.165) is 18.6 Å². The number of hydrogen-bond donors (Lipinski definition) is 2. The molecule has 0 radical (unpaired) electrons. The molecule has 25 heavy (non-hydrogen) atoms. The lowest BCUT2D eigenvalue weighted by molar-refractivity contribution is -0.137. The van der Waals surface area contributed by atoms with Gasteiger partial charge in [-0.2, -0.15) is 13.2 Å². The van der Waals surface area contributed by atoms with Gasteiger partial charge in [0.05, 0.1) is 5.56 Å². The number of nitrogens with zero attached hydrogens (tertiary/aromatic N) is 1. The van der Waals surface area contributed by atoms with Crippen molar-refractivity contribution in [3.63, 3.8) is 0 Å². The average Bonchev–Trinajstić information content (AvgIpc) is 3.01. The molecule has 3 amide bonds. The van der Waals surface area contributed by atoms with Gasteiger partial charge >= 0.3 is 12.2 Å². The molecule has 2 rings (SSSR count). The van der Waals surface area contributed by atoms with Crippen LogP contribution < -0.4 is 10.6 Å². The van der Waals surface area contributed by atoms with Crippen LogP contribution >= 0.6 is 0 Å². The summed E-state index contributed by atoms with van der Waals surface area (Å²) < 4.78 is 37.6. The second kappa shape index (κ2) is 7.76. The van der Waals surface area contributed by atoms with Crippen LogP contribution in [0.3, 0.4) is 0 Å². The molecule has 8 heteroatoms. The Hall–Kier alpha value is -2.25. The molecule has 1 atom stereocenters. The fourth-order valence-corrected chi connectivity index (χ4v) is 2.58. The molecule has 0 spiro atoms. The van der Waals surface area contributed by atoms with Gasteiger partial charge in [-0.3, -0.25) is 4.79 Å². The van der Waals surface area contributed by atoms with Crippen LogP contribution in [-0.2, 0) is 11.0 Å². The molecule has 1 aromatic rings. The molecule has 1 aromatic carbocycles. The summed E-state index contributed by atoms with van der Waals surface area (Å²) in [5.41, 5.74) is -0.442. The molecule has 1 unspecified atom stereocenters. The molecule has 1 aliphatic rings. The summed E-state index contributed by atoms with van der Waals surface area (Å²) in [7, 11) is 0. The summed E-state index contributed by atoms with van der Waals surface area (Å²) in [6, 6.07) is 3.99. The van der Waals surface area contributed by atoms with Crippen molar-refractivity contribution in [1.29, 1.82) is 0 Å². The van der Waals surface area contributed by atoms with E-state index < -0.39 is 11.7 Å². The standard InChI is InChI=1S/C17H22F3N3O2/c1-11(2)15(24)21-9-12-7-8-23(10-12)16(25)22-14-5-3-13(4-6-14)17(18,19)20/h3-6,11-12H,7-10H2,1-2H3,(H,21,24)(H,22,25). The fourth-order valence-electron chi connectivity index (χ4n) is 2.58. The van der Waals surface area contributed by atoms with Gasteiger partial charge in [-0.25, -0.2) is 4.79 Å². The number of hydrogen-bond acceptors (Lipinski definition) is 2. The maximum Gasteiger partial charge on any atom is 0.416 e. The van der Waals surface area contributed by atoms with Crippen molar-refractivity contribution in [2.24, 2.45) is 11.8 Å². The van der Waals surface area contributed by atoms with Gasteiger partial charge in [0.2, 0.25) is 5.91 Å². The van der Waals surface area contributed by atoms with Crippen molar-refractivity contribution in [2.45, 2.75) is 26.4 Å². The Morgan fingerprint density at radius 2 is 1.88 bits per heavy atom. The zero-order valence-corrected chi connectivity index (χ0v) is 14.2. The number of nitrogens with one attached hydrogen (secondary N) is 2. The van der Waals surface area contributed by atoms with Gasteiger partial charge in [-0.05, 0) is 36.6 Å². The molecule has 0 aromatic heterocycles. The van der Waals surface area contributed by atoms with Gasteiger partial charge < -0.3 is 15.5 Å². The van der Waals surface area contributed by atoms with Gasteiger partial charge in [-0.15, -0.1) is 0 Å². The fraction of sp³-hybridized carbons (Fsp3) is 0.529. The summed E-state index contributed by atoms with van der Waals surface area (Å²) in [6.45, 7) is 5.20. The van der Waals surface area contributed by atoms with E-state index in [2.05, 4.69) is 10.6 Å². The molecular weight excluding hydrogens is 335 g/mol. The van der Waals surface area contributed by atoms with E-state index in [1.165, 1.54) is 12.1 Å². The van der Waals surface area contributed by atoms with Crippen LogP contribution in [0.2, 0.25) is 0 Å². The van der Waals surface area contributed by atoms with E-state index in [-0.39, 0.29) is 23.8 Å². The summed E-state index contributed by atoms with van der Waals surface area (Å²) in [5, 5.41) is 5.45. The Balaban J connectivity index is 1.83. The number of alkyl halides is 3. The highest BCUT2D eigenvalue weighted by molar-refractivity contribution is 5.89. The van der Waals surface area contributed by atoms with Crippen LogP contribution in [0.15, 0.2) is 24.3 Å². The van der Waals surface area contributed by atoms with Crippen LogP contribution in [0.4, 0.5) is 23.7 Å². The second-order valence-electron chi connectivity index (χ2n) is 6.51. The first-order chi connectivity index (χ1) is 11.7. The van der Waals surface area contributed by atoms with E-state index in [1.807, 2.05) is 13.8 Å². The van der Waals surface area contributed by atoms with Gasteiger partial charge in [0.25, 0.3) is 0 Å². The monoisotopic (exact) mass is 357 g/mol. The van der Waals surface area contributed by atoms with Crippen LogP contribution in [0, 0.1) is 11.8 Å². The van der Waals surface area contributed by atoms with Crippen molar-refractivity contribution >= 4 is 17.6 Å². The molecule has 1 saturated heterocycles. The lowest BCUT2D eigenvalue weighted by Crippen LogP contribution is -2.36. The third-order valence-electron chi connectivity index (χ3n) is 4.13. The van der Waals surface area contributed by atoms with Crippen LogP contribution in [0.1, 0.15) is 25.8 Å². The Kier molecular flexibility index (Phi) is 5.92. The first kappa shape index (κ1) is 19.1. The number of carbonyl (C=O) groups is 2. The number of likely N-dealkylation sites (tertiary alicyclic amines) is 1. The molecule has 5 nitrogen and oxygen atoms in total. The van der Waals surface area contributed by atoms with Crippen LogP contribution in [0.25, 0.3) is 0 Å². The average molecular weight is 357 g/mol. The summed E-state index contributed by atoms with van der Waals surface area (Å²) in [4.78, 5) is 25.4. The maximum absolute atomic E-state index is 12.5. The minimum absolute atomic E-state index is 0.0207. The quantitative estimate of drug-likeness (QED) is 0.868. The van der Waals surface area contributed by atoms with Crippen molar-refractivity contribution in [2.75, 3.05) is 25.0 Å². The van der Waals surface area contributed by atoms with E-state index in [4.69, 9.17) is 0 Å². The number of amides is 3. The number of anilines is 1. The van der Waals surface area contributed by atoms with Crippen molar-refractivity contribution < 1.29 is 22.8 Å². The van der Waals surface area contributed by atoms with Gasteiger partial charge in [0.1, 0.15) is 0 Å². The molecule has 0 saturated carbocycles. The van der Waals surface area contributed by atoms with Crippen molar-refractivity contribution in [1.82, 2.24) is 10.2 Å². The summed E-state index contributed by atoms with van der Waals surface area (Å²) >= 11 is 0. The topological polar surface area (TPSA) is 61.4 Å². The molecule has 0 aliphatic carbocycles. The van der Waals surface area contributed by atoms with Crippen LogP contribution in [-0.4, -0.2) is 36.5 Å². The third-order valence-corrected chi connectivity index (χ3v) is 4.13. The molecule has 2 N–H and O–H groups in total.